The third-order valence-corrected chi connectivity index (χ3v) is 4.14. The van der Waals surface area contributed by atoms with E-state index in [0.29, 0.717) is 10.2 Å². The molecular weight excluding hydrogens is 381 g/mol. The molecule has 0 atom stereocenters. The SMILES string of the molecule is O=C(O)c1ccc(NC(=O)c2cccc(Cl)c2Cl)c(Br)c1. The molecule has 0 aliphatic heterocycles. The molecule has 0 aliphatic rings. The normalized spacial score (nSPS) is 10.2. The van der Waals surface area contributed by atoms with Crippen molar-refractivity contribution in [2.75, 3.05) is 5.32 Å². The summed E-state index contributed by atoms with van der Waals surface area (Å²) in [5.41, 5.74) is 0.778. The molecule has 0 bridgehead atoms. The molecule has 2 aromatic carbocycles. The van der Waals surface area contributed by atoms with Crippen molar-refractivity contribution in [2.45, 2.75) is 0 Å². The first-order valence-electron chi connectivity index (χ1n) is 5.68. The molecule has 0 spiro atoms. The van der Waals surface area contributed by atoms with Gasteiger partial charge in [0.05, 0.1) is 26.9 Å². The molecule has 2 rings (SSSR count). The number of carbonyl (C=O) groups excluding carboxylic acids is 1. The predicted octanol–water partition coefficient (Wildman–Crippen LogP) is 4.71. The maximum Gasteiger partial charge on any atom is 0.335 e. The summed E-state index contributed by atoms with van der Waals surface area (Å²) < 4.78 is 0.453. The van der Waals surface area contributed by atoms with Crippen molar-refractivity contribution in [1.82, 2.24) is 0 Å². The fourth-order valence-electron chi connectivity index (χ4n) is 1.62. The molecule has 0 radical (unpaired) electrons. The van der Waals surface area contributed by atoms with Gasteiger partial charge in [0, 0.05) is 4.47 Å². The fraction of sp³-hybridized carbons (Fsp3) is 0. The van der Waals surface area contributed by atoms with Gasteiger partial charge in [0.2, 0.25) is 0 Å². The Hall–Kier alpha value is -1.56. The van der Waals surface area contributed by atoms with E-state index in [1.54, 1.807) is 18.2 Å². The standard InChI is InChI=1S/C14H8BrCl2NO3/c15-9-6-7(14(20)21)4-5-11(9)18-13(19)8-2-1-3-10(16)12(8)17/h1-6H,(H,18,19)(H,20,21). The van der Waals surface area contributed by atoms with Gasteiger partial charge < -0.3 is 10.4 Å². The Balaban J connectivity index is 2.28. The monoisotopic (exact) mass is 387 g/mol. The number of carboxylic acids is 1. The van der Waals surface area contributed by atoms with Crippen LogP contribution in [0.3, 0.4) is 0 Å². The molecule has 7 heteroatoms. The summed E-state index contributed by atoms with van der Waals surface area (Å²) in [5, 5.41) is 12.0. The van der Waals surface area contributed by atoms with Crippen LogP contribution in [0.2, 0.25) is 10.0 Å². The number of halogens is 3. The maximum absolute atomic E-state index is 12.2. The molecular formula is C14H8BrCl2NO3. The second-order valence-corrected chi connectivity index (χ2v) is 5.69. The van der Waals surface area contributed by atoms with Crippen molar-refractivity contribution < 1.29 is 14.7 Å². The van der Waals surface area contributed by atoms with E-state index in [0.717, 1.165) is 0 Å². The van der Waals surface area contributed by atoms with E-state index in [1.165, 1.54) is 18.2 Å². The highest BCUT2D eigenvalue weighted by molar-refractivity contribution is 9.10. The van der Waals surface area contributed by atoms with E-state index >= 15 is 0 Å². The first kappa shape index (κ1) is 15.8. The smallest absolute Gasteiger partial charge is 0.335 e. The minimum Gasteiger partial charge on any atom is -0.478 e. The van der Waals surface area contributed by atoms with E-state index in [1.807, 2.05) is 0 Å². The molecule has 4 nitrogen and oxygen atoms in total. The van der Waals surface area contributed by atoms with Gasteiger partial charge in [-0.25, -0.2) is 4.79 Å². The number of nitrogens with one attached hydrogen (secondary N) is 1. The lowest BCUT2D eigenvalue weighted by Gasteiger charge is -2.09. The Kier molecular flexibility index (Phi) is 4.88. The van der Waals surface area contributed by atoms with Crippen molar-refractivity contribution in [3.8, 4) is 0 Å². The summed E-state index contributed by atoms with van der Waals surface area (Å²) in [4.78, 5) is 23.0. The predicted molar refractivity (Wildman–Crippen MR) is 85.5 cm³/mol. The lowest BCUT2D eigenvalue weighted by Crippen LogP contribution is -2.13. The number of aromatic carboxylic acids is 1. The largest absolute Gasteiger partial charge is 0.478 e. The van der Waals surface area contributed by atoms with Crippen LogP contribution in [-0.2, 0) is 0 Å². The third kappa shape index (κ3) is 3.56. The number of anilines is 1. The minimum atomic E-state index is -1.05. The van der Waals surface area contributed by atoms with Crippen LogP contribution >= 0.6 is 39.1 Å². The number of amides is 1. The highest BCUT2D eigenvalue weighted by Crippen LogP contribution is 2.28. The maximum atomic E-state index is 12.2. The summed E-state index contributed by atoms with van der Waals surface area (Å²) in [6, 6.07) is 9.02. The summed E-state index contributed by atoms with van der Waals surface area (Å²) in [6.45, 7) is 0. The zero-order valence-electron chi connectivity index (χ0n) is 10.4. The molecule has 21 heavy (non-hydrogen) atoms. The van der Waals surface area contributed by atoms with E-state index in [-0.39, 0.29) is 21.2 Å². The van der Waals surface area contributed by atoms with Gasteiger partial charge in [0.15, 0.2) is 0 Å². The summed E-state index contributed by atoms with van der Waals surface area (Å²) >= 11 is 15.1. The van der Waals surface area contributed by atoms with Crippen molar-refractivity contribution in [3.63, 3.8) is 0 Å². The van der Waals surface area contributed by atoms with Crippen LogP contribution in [0.15, 0.2) is 40.9 Å². The third-order valence-electron chi connectivity index (χ3n) is 2.66. The second-order valence-electron chi connectivity index (χ2n) is 4.06. The highest BCUT2D eigenvalue weighted by atomic mass is 79.9. The first-order chi connectivity index (χ1) is 9.90. The molecule has 2 aromatic rings. The van der Waals surface area contributed by atoms with Crippen molar-refractivity contribution in [3.05, 3.63) is 62.0 Å². The number of carboxylic acid groups (broad SMARTS) is 1. The molecule has 1 amide bonds. The minimum absolute atomic E-state index is 0.112. The molecule has 0 saturated heterocycles. The average Bonchev–Trinajstić information content (AvgIpc) is 2.43. The van der Waals surface area contributed by atoms with Gasteiger partial charge in [-0.05, 0) is 46.3 Å². The van der Waals surface area contributed by atoms with Crippen LogP contribution in [0.25, 0.3) is 0 Å². The molecule has 108 valence electrons. The first-order valence-corrected chi connectivity index (χ1v) is 7.23. The number of benzene rings is 2. The lowest BCUT2D eigenvalue weighted by molar-refractivity contribution is 0.0696. The molecule has 0 unspecified atom stereocenters. The van der Waals surface area contributed by atoms with Crippen molar-refractivity contribution >= 4 is 56.7 Å². The van der Waals surface area contributed by atoms with Gasteiger partial charge in [-0.3, -0.25) is 4.79 Å². The lowest BCUT2D eigenvalue weighted by atomic mass is 10.2. The van der Waals surface area contributed by atoms with Gasteiger partial charge in [0.1, 0.15) is 0 Å². The van der Waals surface area contributed by atoms with Gasteiger partial charge >= 0.3 is 5.97 Å². The summed E-state index contributed by atoms with van der Waals surface area (Å²) in [6.07, 6.45) is 0. The van der Waals surface area contributed by atoms with Crippen LogP contribution in [0.4, 0.5) is 5.69 Å². The summed E-state index contributed by atoms with van der Waals surface area (Å²) in [7, 11) is 0. The van der Waals surface area contributed by atoms with Crippen LogP contribution in [0, 0.1) is 0 Å². The quantitative estimate of drug-likeness (QED) is 0.800. The van der Waals surface area contributed by atoms with Crippen LogP contribution in [0.1, 0.15) is 20.7 Å². The van der Waals surface area contributed by atoms with Crippen molar-refractivity contribution in [2.24, 2.45) is 0 Å². The molecule has 0 heterocycles. The topological polar surface area (TPSA) is 66.4 Å². The number of hydrogen-bond acceptors (Lipinski definition) is 2. The van der Waals surface area contributed by atoms with Gasteiger partial charge in [-0.1, -0.05) is 29.3 Å². The molecule has 2 N–H and O–H groups in total. The Bertz CT molecular complexity index is 734. The van der Waals surface area contributed by atoms with E-state index < -0.39 is 11.9 Å². The fourth-order valence-corrected chi connectivity index (χ4v) is 2.48. The van der Waals surface area contributed by atoms with Crippen LogP contribution < -0.4 is 5.32 Å². The second kappa shape index (κ2) is 6.47. The van der Waals surface area contributed by atoms with Gasteiger partial charge in [-0.2, -0.15) is 0 Å². The Morgan fingerprint density at radius 1 is 1.14 bits per heavy atom. The van der Waals surface area contributed by atoms with Crippen molar-refractivity contribution in [1.29, 1.82) is 0 Å². The zero-order chi connectivity index (χ0) is 15.6. The number of carbonyl (C=O) groups is 2. The Morgan fingerprint density at radius 2 is 1.86 bits per heavy atom. The summed E-state index contributed by atoms with van der Waals surface area (Å²) in [5.74, 6) is -1.49. The molecule has 0 saturated carbocycles. The Labute approximate surface area is 138 Å². The Morgan fingerprint density at radius 3 is 2.48 bits per heavy atom. The van der Waals surface area contributed by atoms with E-state index in [2.05, 4.69) is 21.2 Å². The van der Waals surface area contributed by atoms with Gasteiger partial charge in [0.25, 0.3) is 5.91 Å². The van der Waals surface area contributed by atoms with Crippen LogP contribution in [0.5, 0.6) is 0 Å². The number of hydrogen-bond donors (Lipinski definition) is 2. The number of rotatable bonds is 3. The molecule has 0 aliphatic carbocycles. The average molecular weight is 389 g/mol. The molecule has 0 aromatic heterocycles. The highest BCUT2D eigenvalue weighted by Gasteiger charge is 2.14. The zero-order valence-corrected chi connectivity index (χ0v) is 13.5. The molecule has 0 fully saturated rings. The van der Waals surface area contributed by atoms with E-state index in [9.17, 15) is 9.59 Å². The van der Waals surface area contributed by atoms with Gasteiger partial charge in [-0.15, -0.1) is 0 Å². The van der Waals surface area contributed by atoms with Crippen LogP contribution in [-0.4, -0.2) is 17.0 Å². The van der Waals surface area contributed by atoms with E-state index in [4.69, 9.17) is 28.3 Å².